The molecule has 0 aromatic rings. The van der Waals surface area contributed by atoms with Crippen LogP contribution in [0.1, 0.15) is 0 Å². The molecule has 0 aliphatic carbocycles. The van der Waals surface area contributed by atoms with E-state index in [2.05, 4.69) is 0 Å². The Bertz CT molecular complexity index is 370. The summed E-state index contributed by atoms with van der Waals surface area (Å²) in [7, 11) is -2.67. The first kappa shape index (κ1) is 33.3. The fourth-order valence-electron chi connectivity index (χ4n) is 1.48. The predicted molar refractivity (Wildman–Crippen MR) is 71.4 cm³/mol. The summed E-state index contributed by atoms with van der Waals surface area (Å²) in [4.78, 5) is 44.4. The van der Waals surface area contributed by atoms with Gasteiger partial charge >= 0.3 is 83.0 Å². The van der Waals surface area contributed by atoms with Gasteiger partial charge in [-0.05, 0) is 0 Å². The molecular formula is C10H17BN2Na2O11. The summed E-state index contributed by atoms with van der Waals surface area (Å²) < 4.78 is 0. The molecular weight excluding hydrogens is 381 g/mol. The molecule has 0 aromatic heterocycles. The molecule has 0 saturated heterocycles. The molecule has 0 saturated carbocycles. The van der Waals surface area contributed by atoms with Crippen molar-refractivity contribution >= 4 is 31.2 Å². The minimum atomic E-state index is -2.67. The number of carbonyl (C=O) groups is 4. The number of carboxylic acids is 4. The van der Waals surface area contributed by atoms with E-state index in [9.17, 15) is 19.2 Å². The van der Waals surface area contributed by atoms with E-state index >= 15 is 0 Å². The summed E-state index contributed by atoms with van der Waals surface area (Å²) in [6.45, 7) is -2.25. The molecule has 0 fully saturated rings. The second-order valence-electron chi connectivity index (χ2n) is 4.30. The summed E-state index contributed by atoms with van der Waals surface area (Å²) in [6.07, 6.45) is 0. The Morgan fingerprint density at radius 3 is 0.923 bits per heavy atom. The first-order valence-electron chi connectivity index (χ1n) is 6.25. The summed E-state index contributed by atoms with van der Waals surface area (Å²) in [5.41, 5.74) is 0. The van der Waals surface area contributed by atoms with Crippen LogP contribution in [0, 0.1) is 0 Å². The van der Waals surface area contributed by atoms with Crippen LogP contribution in [0.25, 0.3) is 0 Å². The number of nitrogens with zero attached hydrogens (tertiary/aromatic N) is 2. The van der Waals surface area contributed by atoms with Gasteiger partial charge in [0.2, 0.25) is 0 Å². The minimum Gasteiger partial charge on any atom is -0.871 e. The van der Waals surface area contributed by atoms with Gasteiger partial charge in [0.15, 0.2) is 0 Å². The third kappa shape index (κ3) is 28.5. The molecule has 26 heavy (non-hydrogen) atoms. The van der Waals surface area contributed by atoms with Gasteiger partial charge in [-0.25, -0.2) is 0 Å². The zero-order valence-electron chi connectivity index (χ0n) is 14.4. The van der Waals surface area contributed by atoms with E-state index in [0.29, 0.717) is 0 Å². The van der Waals surface area contributed by atoms with Crippen LogP contribution in [0.4, 0.5) is 0 Å². The van der Waals surface area contributed by atoms with Gasteiger partial charge in [-0.15, -0.1) is 0 Å². The Morgan fingerprint density at radius 2 is 0.808 bits per heavy atom. The monoisotopic (exact) mass is 398 g/mol. The van der Waals surface area contributed by atoms with Crippen LogP contribution in [0.2, 0.25) is 0 Å². The van der Waals surface area contributed by atoms with Crippen LogP contribution in [-0.2, 0) is 19.2 Å². The molecule has 0 unspecified atom stereocenters. The maximum absolute atomic E-state index is 10.6. The molecule has 0 radical (unpaired) electrons. The number of hydrogen-bond donors (Lipinski definition) is 5. The fourth-order valence-corrected chi connectivity index (χ4v) is 1.48. The molecule has 0 amide bonds. The summed E-state index contributed by atoms with van der Waals surface area (Å²) in [5.74, 6) is -4.91. The van der Waals surface area contributed by atoms with Gasteiger partial charge in [0.05, 0.1) is 33.5 Å². The number of carboxylic acid groups (broad SMARTS) is 4. The maximum atomic E-state index is 10.6. The van der Waals surface area contributed by atoms with Crippen molar-refractivity contribution < 1.29 is 114 Å². The van der Waals surface area contributed by atoms with Gasteiger partial charge in [-0.3, -0.25) is 29.0 Å². The molecule has 16 heteroatoms. The Morgan fingerprint density at radius 1 is 0.654 bits per heavy atom. The second kappa shape index (κ2) is 19.5. The van der Waals surface area contributed by atoms with Gasteiger partial charge in [0.25, 0.3) is 0 Å². The van der Waals surface area contributed by atoms with E-state index in [4.69, 9.17) is 35.5 Å². The van der Waals surface area contributed by atoms with E-state index in [1.807, 2.05) is 0 Å². The van der Waals surface area contributed by atoms with Crippen molar-refractivity contribution in [1.82, 2.24) is 9.80 Å². The molecule has 0 bridgehead atoms. The molecule has 0 atom stereocenters. The number of hydrogen-bond acceptors (Lipinski definition) is 9. The van der Waals surface area contributed by atoms with Gasteiger partial charge in [-0.1, -0.05) is 0 Å². The van der Waals surface area contributed by atoms with Crippen molar-refractivity contribution in [3.63, 3.8) is 0 Å². The zero-order valence-corrected chi connectivity index (χ0v) is 18.4. The van der Waals surface area contributed by atoms with Gasteiger partial charge in [-0.2, -0.15) is 0 Å². The van der Waals surface area contributed by atoms with Crippen molar-refractivity contribution in [3.8, 4) is 0 Å². The van der Waals surface area contributed by atoms with Crippen molar-refractivity contribution in [2.24, 2.45) is 0 Å². The van der Waals surface area contributed by atoms with Crippen LogP contribution >= 0.6 is 0 Å². The minimum absolute atomic E-state index is 0. The first-order valence-corrected chi connectivity index (χ1v) is 6.25. The molecule has 0 aliphatic rings. The van der Waals surface area contributed by atoms with Crippen molar-refractivity contribution in [3.05, 3.63) is 0 Å². The Balaban J connectivity index is -0.000000363. The third-order valence-corrected chi connectivity index (χ3v) is 2.17. The Labute approximate surface area is 193 Å². The van der Waals surface area contributed by atoms with E-state index < -0.39 is 57.4 Å². The second-order valence-corrected chi connectivity index (χ2v) is 4.30. The van der Waals surface area contributed by atoms with E-state index in [0.717, 1.165) is 9.80 Å². The van der Waals surface area contributed by atoms with Crippen molar-refractivity contribution in [1.29, 1.82) is 0 Å². The number of rotatable bonds is 11. The molecule has 5 N–H and O–H groups in total. The summed E-state index contributed by atoms with van der Waals surface area (Å²) in [5, 5.41) is 58.5. The SMILES string of the molecule is O=C(O)CN(CCN(CC(=O)O)CC(=O)O)CC(=O)O.[Na+].[Na+].[O-]B([O-])O. The Hall–Kier alpha value is -0.255. The quantitative estimate of drug-likeness (QED) is 0.204. The predicted octanol–water partition coefficient (Wildman–Crippen LogP) is -11.4. The smallest absolute Gasteiger partial charge is 0.871 e. The topological polar surface area (TPSA) is 222 Å². The van der Waals surface area contributed by atoms with Gasteiger partial charge in [0.1, 0.15) is 0 Å². The molecule has 0 spiro atoms. The van der Waals surface area contributed by atoms with Crippen LogP contribution in [0.15, 0.2) is 0 Å². The third-order valence-electron chi connectivity index (χ3n) is 2.17. The molecule has 138 valence electrons. The van der Waals surface area contributed by atoms with Crippen molar-refractivity contribution in [2.75, 3.05) is 39.3 Å². The molecule has 0 heterocycles. The van der Waals surface area contributed by atoms with Crippen LogP contribution in [0.5, 0.6) is 0 Å². The molecule has 0 aliphatic heterocycles. The van der Waals surface area contributed by atoms with Gasteiger partial charge in [0, 0.05) is 13.1 Å². The fraction of sp³-hybridized carbons (Fsp3) is 0.600. The molecule has 0 aromatic carbocycles. The standard InChI is InChI=1S/C10H16N2O8.BHO3.2Na/c13-7(14)3-11(4-8(15)16)1-2-12(5-9(17)18)6-10(19)20;2-1(3)4;;/h1-6H2,(H,13,14)(H,15,16)(H,17,18)(H,19,20);2H;;/q;-2;2*+1. The van der Waals surface area contributed by atoms with E-state index in [1.165, 1.54) is 0 Å². The van der Waals surface area contributed by atoms with E-state index in [1.54, 1.807) is 0 Å². The normalized spacial score (nSPS) is 9.27. The van der Waals surface area contributed by atoms with E-state index in [-0.39, 0.29) is 72.2 Å². The average Bonchev–Trinajstić information content (AvgIpc) is 2.32. The molecule has 0 rings (SSSR count). The largest absolute Gasteiger partial charge is 1.00 e. The molecule has 13 nitrogen and oxygen atoms in total. The van der Waals surface area contributed by atoms with Crippen LogP contribution < -0.4 is 69.2 Å². The zero-order chi connectivity index (χ0) is 19.3. The van der Waals surface area contributed by atoms with Gasteiger partial charge < -0.3 is 35.5 Å². The van der Waals surface area contributed by atoms with Crippen LogP contribution in [0.3, 0.4) is 0 Å². The number of aliphatic carboxylic acids is 4. The average molecular weight is 398 g/mol. The van der Waals surface area contributed by atoms with Crippen molar-refractivity contribution in [2.45, 2.75) is 0 Å². The Kier molecular flexibility index (Phi) is 25.0. The maximum Gasteiger partial charge on any atom is 1.00 e. The summed E-state index contributed by atoms with van der Waals surface area (Å²) in [6, 6.07) is 0. The summed E-state index contributed by atoms with van der Waals surface area (Å²) >= 11 is 0. The first-order chi connectivity index (χ1) is 10.9. The van der Waals surface area contributed by atoms with Crippen LogP contribution in [-0.4, -0.2) is 106 Å².